The Morgan fingerprint density at radius 1 is 1.59 bits per heavy atom. The Morgan fingerprint density at radius 3 is 2.82 bits per heavy atom. The van der Waals surface area contributed by atoms with Gasteiger partial charge in [0.25, 0.3) is 5.69 Å². The molecule has 0 fully saturated rings. The zero-order valence-corrected chi connectivity index (χ0v) is 9.62. The minimum Gasteiger partial charge on any atom is -0.385 e. The third kappa shape index (κ3) is 1.87. The maximum atomic E-state index is 10.7. The molecule has 0 aliphatic rings. The lowest BCUT2D eigenvalue weighted by atomic mass is 10.3. The SMILES string of the molecule is CCn1c([C@H](C)O)nc2cc([N+](=O)[O-])ccc21. The molecule has 6 nitrogen and oxygen atoms in total. The van der Waals surface area contributed by atoms with Crippen LogP contribution in [0.2, 0.25) is 0 Å². The minimum atomic E-state index is -0.693. The van der Waals surface area contributed by atoms with Gasteiger partial charge in [0.2, 0.25) is 0 Å². The summed E-state index contributed by atoms with van der Waals surface area (Å²) in [6.07, 6.45) is -0.693. The van der Waals surface area contributed by atoms with E-state index >= 15 is 0 Å². The first-order valence-corrected chi connectivity index (χ1v) is 5.37. The first-order chi connectivity index (χ1) is 8.04. The molecule has 2 aromatic rings. The second-order valence-electron chi connectivity index (χ2n) is 3.82. The van der Waals surface area contributed by atoms with Crippen molar-refractivity contribution in [1.82, 2.24) is 9.55 Å². The summed E-state index contributed by atoms with van der Waals surface area (Å²) in [6, 6.07) is 4.53. The molecule has 6 heteroatoms. The van der Waals surface area contributed by atoms with Gasteiger partial charge >= 0.3 is 0 Å². The van der Waals surface area contributed by atoms with Gasteiger partial charge in [0.05, 0.1) is 16.0 Å². The number of rotatable bonds is 3. The van der Waals surface area contributed by atoms with Crippen LogP contribution in [0.5, 0.6) is 0 Å². The molecule has 0 radical (unpaired) electrons. The third-order valence-corrected chi connectivity index (χ3v) is 2.66. The Bertz CT molecular complexity index is 575. The molecule has 0 amide bonds. The van der Waals surface area contributed by atoms with Crippen molar-refractivity contribution in [1.29, 1.82) is 0 Å². The fourth-order valence-corrected chi connectivity index (χ4v) is 1.90. The van der Waals surface area contributed by atoms with Gasteiger partial charge in [-0.25, -0.2) is 4.98 Å². The van der Waals surface area contributed by atoms with Crippen molar-refractivity contribution in [2.24, 2.45) is 0 Å². The largest absolute Gasteiger partial charge is 0.385 e. The molecule has 0 spiro atoms. The van der Waals surface area contributed by atoms with Crippen molar-refractivity contribution < 1.29 is 10.0 Å². The molecule has 1 atom stereocenters. The summed E-state index contributed by atoms with van der Waals surface area (Å²) in [4.78, 5) is 14.4. The number of aliphatic hydroxyl groups is 1. The van der Waals surface area contributed by atoms with Crippen LogP contribution >= 0.6 is 0 Å². The standard InChI is InChI=1S/C11H13N3O3/c1-3-13-10-5-4-8(14(16)17)6-9(10)12-11(13)7(2)15/h4-7,15H,3H2,1-2H3/t7-/m0/s1. The molecular formula is C11H13N3O3. The highest BCUT2D eigenvalue weighted by Crippen LogP contribution is 2.24. The second kappa shape index (κ2) is 4.14. The quantitative estimate of drug-likeness (QED) is 0.651. The fourth-order valence-electron chi connectivity index (χ4n) is 1.90. The van der Waals surface area contributed by atoms with Crippen LogP contribution in [0.3, 0.4) is 0 Å². The van der Waals surface area contributed by atoms with Crippen LogP contribution in [-0.4, -0.2) is 19.6 Å². The van der Waals surface area contributed by atoms with E-state index in [9.17, 15) is 15.2 Å². The van der Waals surface area contributed by atoms with Gasteiger partial charge in [-0.15, -0.1) is 0 Å². The van der Waals surface area contributed by atoms with Crippen molar-refractivity contribution in [3.63, 3.8) is 0 Å². The summed E-state index contributed by atoms with van der Waals surface area (Å²) in [5.41, 5.74) is 1.35. The van der Waals surface area contributed by atoms with Crippen LogP contribution in [0.25, 0.3) is 11.0 Å². The van der Waals surface area contributed by atoms with Crippen molar-refractivity contribution in [3.05, 3.63) is 34.1 Å². The molecule has 17 heavy (non-hydrogen) atoms. The molecule has 1 heterocycles. The van der Waals surface area contributed by atoms with Crippen molar-refractivity contribution in [2.75, 3.05) is 0 Å². The number of nitrogens with zero attached hydrogens (tertiary/aromatic N) is 3. The Morgan fingerprint density at radius 2 is 2.29 bits per heavy atom. The Balaban J connectivity index is 2.68. The predicted octanol–water partition coefficient (Wildman–Crippen LogP) is 2.02. The van der Waals surface area contributed by atoms with Crippen molar-refractivity contribution >= 4 is 16.7 Å². The molecule has 0 saturated heterocycles. The summed E-state index contributed by atoms with van der Waals surface area (Å²) >= 11 is 0. The smallest absolute Gasteiger partial charge is 0.271 e. The zero-order valence-electron chi connectivity index (χ0n) is 9.62. The number of nitro groups is 1. The van der Waals surface area contributed by atoms with Crippen LogP contribution in [0, 0.1) is 10.1 Å². The Hall–Kier alpha value is -1.95. The van der Waals surface area contributed by atoms with Gasteiger partial charge in [0.15, 0.2) is 0 Å². The van der Waals surface area contributed by atoms with E-state index in [0.717, 1.165) is 5.52 Å². The van der Waals surface area contributed by atoms with Crippen LogP contribution in [0.15, 0.2) is 18.2 Å². The maximum Gasteiger partial charge on any atom is 0.271 e. The highest BCUT2D eigenvalue weighted by Gasteiger charge is 2.16. The minimum absolute atomic E-state index is 0.00963. The van der Waals surface area contributed by atoms with E-state index in [-0.39, 0.29) is 5.69 Å². The van der Waals surface area contributed by atoms with E-state index in [1.165, 1.54) is 12.1 Å². The number of fused-ring (bicyclic) bond motifs is 1. The van der Waals surface area contributed by atoms with E-state index in [4.69, 9.17) is 0 Å². The average Bonchev–Trinajstić information content (AvgIpc) is 2.66. The lowest BCUT2D eigenvalue weighted by molar-refractivity contribution is -0.384. The summed E-state index contributed by atoms with van der Waals surface area (Å²) in [7, 11) is 0. The number of non-ortho nitro benzene ring substituents is 1. The fraction of sp³-hybridized carbons (Fsp3) is 0.364. The first-order valence-electron chi connectivity index (χ1n) is 5.37. The molecular weight excluding hydrogens is 222 g/mol. The zero-order chi connectivity index (χ0) is 12.6. The number of hydrogen-bond acceptors (Lipinski definition) is 4. The highest BCUT2D eigenvalue weighted by molar-refractivity contribution is 5.78. The van der Waals surface area contributed by atoms with Gasteiger partial charge in [0.1, 0.15) is 11.9 Å². The first kappa shape index (κ1) is 11.5. The molecule has 0 bridgehead atoms. The van der Waals surface area contributed by atoms with Crippen LogP contribution in [0.4, 0.5) is 5.69 Å². The summed E-state index contributed by atoms with van der Waals surface area (Å²) in [5.74, 6) is 0.531. The van der Waals surface area contributed by atoms with Gasteiger partial charge in [-0.1, -0.05) is 0 Å². The van der Waals surface area contributed by atoms with Gasteiger partial charge in [-0.05, 0) is 19.9 Å². The summed E-state index contributed by atoms with van der Waals surface area (Å²) in [6.45, 7) is 4.23. The van der Waals surface area contributed by atoms with Gasteiger partial charge in [-0.2, -0.15) is 0 Å². The topological polar surface area (TPSA) is 81.2 Å². The van der Waals surface area contributed by atoms with E-state index in [1.54, 1.807) is 13.0 Å². The number of benzene rings is 1. The second-order valence-corrected chi connectivity index (χ2v) is 3.82. The monoisotopic (exact) mass is 235 g/mol. The van der Waals surface area contributed by atoms with Crippen LogP contribution in [0.1, 0.15) is 25.8 Å². The lowest BCUT2D eigenvalue weighted by Gasteiger charge is -2.07. The maximum absolute atomic E-state index is 10.7. The number of aryl methyl sites for hydroxylation is 1. The number of imidazole rings is 1. The number of aliphatic hydroxyl groups excluding tert-OH is 1. The summed E-state index contributed by atoms with van der Waals surface area (Å²) in [5, 5.41) is 20.3. The summed E-state index contributed by atoms with van der Waals surface area (Å²) < 4.78 is 1.85. The highest BCUT2D eigenvalue weighted by atomic mass is 16.6. The number of hydrogen-bond donors (Lipinski definition) is 1. The van der Waals surface area contributed by atoms with Gasteiger partial charge in [0, 0.05) is 18.7 Å². The molecule has 0 aliphatic carbocycles. The van der Waals surface area contributed by atoms with Gasteiger partial charge in [-0.3, -0.25) is 10.1 Å². The van der Waals surface area contributed by atoms with E-state index in [1.807, 2.05) is 11.5 Å². The average molecular weight is 235 g/mol. The number of aromatic nitrogens is 2. The predicted molar refractivity (Wildman–Crippen MR) is 62.7 cm³/mol. The molecule has 0 saturated carbocycles. The molecule has 90 valence electrons. The third-order valence-electron chi connectivity index (χ3n) is 2.66. The molecule has 1 aromatic carbocycles. The van der Waals surface area contributed by atoms with Crippen molar-refractivity contribution in [3.8, 4) is 0 Å². The van der Waals surface area contributed by atoms with Crippen molar-refractivity contribution in [2.45, 2.75) is 26.5 Å². The van der Waals surface area contributed by atoms with E-state index in [0.29, 0.717) is 17.9 Å². The molecule has 1 N–H and O–H groups in total. The molecule has 1 aromatic heterocycles. The van der Waals surface area contributed by atoms with E-state index < -0.39 is 11.0 Å². The number of nitro benzene ring substituents is 1. The van der Waals surface area contributed by atoms with E-state index in [2.05, 4.69) is 4.98 Å². The molecule has 0 aliphatic heterocycles. The van der Waals surface area contributed by atoms with Crippen LogP contribution in [-0.2, 0) is 6.54 Å². The molecule has 2 rings (SSSR count). The van der Waals surface area contributed by atoms with Crippen LogP contribution < -0.4 is 0 Å². The Kier molecular flexibility index (Phi) is 2.81. The van der Waals surface area contributed by atoms with Gasteiger partial charge < -0.3 is 9.67 Å². The normalized spacial score (nSPS) is 12.9. The Labute approximate surface area is 97.7 Å². The lowest BCUT2D eigenvalue weighted by Crippen LogP contribution is -2.04. The molecule has 0 unspecified atom stereocenters.